The summed E-state index contributed by atoms with van der Waals surface area (Å²) in [6, 6.07) is 13.3. The van der Waals surface area contributed by atoms with Gasteiger partial charge >= 0.3 is 5.97 Å². The van der Waals surface area contributed by atoms with E-state index < -0.39 is 12.1 Å². The molecule has 0 unspecified atom stereocenters. The van der Waals surface area contributed by atoms with E-state index in [4.69, 9.17) is 9.15 Å². The number of carbonyl (C=O) groups excluding carboxylic acids is 1. The smallest absolute Gasteiger partial charge is 0.306 e. The van der Waals surface area contributed by atoms with Gasteiger partial charge in [0.05, 0.1) is 43.2 Å². The van der Waals surface area contributed by atoms with Gasteiger partial charge in [-0.25, -0.2) is 9.37 Å². The van der Waals surface area contributed by atoms with Crippen molar-refractivity contribution in [3.63, 3.8) is 0 Å². The molecule has 2 aliphatic rings. The summed E-state index contributed by atoms with van der Waals surface area (Å²) in [5, 5.41) is 10.2. The van der Waals surface area contributed by atoms with Gasteiger partial charge in [-0.15, -0.1) is 0 Å². The molecule has 1 saturated heterocycles. The Morgan fingerprint density at radius 2 is 1.95 bits per heavy atom. The average Bonchev–Trinajstić information content (AvgIpc) is 3.62. The third kappa shape index (κ3) is 5.15. The number of halogens is 1. The monoisotopic (exact) mass is 533 g/mol. The number of aryl methyl sites for hydroxylation is 1. The molecule has 2 aromatic carbocycles. The van der Waals surface area contributed by atoms with E-state index in [9.17, 15) is 19.1 Å². The Labute approximate surface area is 225 Å². The second-order valence-corrected chi connectivity index (χ2v) is 10.8. The van der Waals surface area contributed by atoms with Crippen molar-refractivity contribution in [1.82, 2.24) is 14.5 Å². The number of aliphatic carboxylic acids is 1. The number of aromatic nitrogens is 2. The molecule has 9 heteroatoms. The number of carboxylic acid groups (broad SMARTS) is 1. The number of para-hydroxylation sites is 1. The fourth-order valence-corrected chi connectivity index (χ4v) is 6.03. The third-order valence-corrected chi connectivity index (χ3v) is 8.17. The van der Waals surface area contributed by atoms with Crippen molar-refractivity contribution in [2.75, 3.05) is 13.2 Å². The number of amides is 1. The zero-order valence-corrected chi connectivity index (χ0v) is 21.9. The first-order chi connectivity index (χ1) is 18.9. The Morgan fingerprint density at radius 1 is 1.15 bits per heavy atom. The standard InChI is InChI=1S/C30H32FN3O5/c1-33-16-24(23-4-2-3-5-26(23)33)29-32-25-11-6-18(12-27(25)39-29)13-28(35)34-15-20(31)14-21(34)17-38-22-9-7-19(8-10-22)30(36)37/h2-6,11-12,16,19-22H,7-10,13-15,17H2,1H3,(H,36,37)/t19?,20-,21-,22?/m0/s1. The molecule has 1 amide bonds. The molecule has 1 aliphatic heterocycles. The lowest BCUT2D eigenvalue weighted by atomic mass is 9.87. The quantitative estimate of drug-likeness (QED) is 0.354. The molecule has 0 spiro atoms. The number of fused-ring (bicyclic) bond motifs is 2. The second-order valence-electron chi connectivity index (χ2n) is 10.8. The highest BCUT2D eigenvalue weighted by Crippen LogP contribution is 2.33. The Morgan fingerprint density at radius 3 is 2.74 bits per heavy atom. The molecule has 2 atom stereocenters. The van der Waals surface area contributed by atoms with Crippen LogP contribution in [0.25, 0.3) is 33.5 Å². The van der Waals surface area contributed by atoms with Crippen LogP contribution in [-0.4, -0.2) is 62.9 Å². The van der Waals surface area contributed by atoms with Crippen LogP contribution >= 0.6 is 0 Å². The van der Waals surface area contributed by atoms with Crippen LogP contribution in [0.3, 0.4) is 0 Å². The molecule has 0 radical (unpaired) electrons. The molecule has 1 aliphatic carbocycles. The SMILES string of the molecule is Cn1cc(-c2nc3ccc(CC(=O)N4C[C@@H](F)C[C@H]4COC4CCC(C(=O)O)CC4)cc3o2)c2ccccc21. The van der Waals surface area contributed by atoms with Crippen molar-refractivity contribution >= 4 is 33.9 Å². The first kappa shape index (κ1) is 25.6. The van der Waals surface area contributed by atoms with Gasteiger partial charge in [-0.05, 0) is 49.4 Å². The highest BCUT2D eigenvalue weighted by atomic mass is 19.1. The van der Waals surface area contributed by atoms with Crippen LogP contribution in [0.15, 0.2) is 53.1 Å². The maximum absolute atomic E-state index is 14.4. The summed E-state index contributed by atoms with van der Waals surface area (Å²) in [5.41, 5.74) is 4.09. The number of alkyl halides is 1. The molecule has 8 nitrogen and oxygen atoms in total. The molecule has 2 fully saturated rings. The first-order valence-electron chi connectivity index (χ1n) is 13.6. The van der Waals surface area contributed by atoms with E-state index in [0.717, 1.165) is 22.0 Å². The first-order valence-corrected chi connectivity index (χ1v) is 13.6. The highest BCUT2D eigenvalue weighted by molar-refractivity contribution is 5.95. The zero-order valence-electron chi connectivity index (χ0n) is 21.9. The molecule has 2 aromatic heterocycles. The number of carbonyl (C=O) groups is 2. The van der Waals surface area contributed by atoms with Crippen LogP contribution < -0.4 is 0 Å². The van der Waals surface area contributed by atoms with Crippen LogP contribution in [0.4, 0.5) is 4.39 Å². The van der Waals surface area contributed by atoms with Gasteiger partial charge in [0.2, 0.25) is 11.8 Å². The average molecular weight is 534 g/mol. The van der Waals surface area contributed by atoms with Gasteiger partial charge in [-0.1, -0.05) is 24.3 Å². The van der Waals surface area contributed by atoms with Crippen molar-refractivity contribution < 1.29 is 28.2 Å². The summed E-state index contributed by atoms with van der Waals surface area (Å²) in [6.07, 6.45) is 3.80. The van der Waals surface area contributed by atoms with Crippen molar-refractivity contribution in [2.24, 2.45) is 13.0 Å². The van der Waals surface area contributed by atoms with E-state index in [-0.39, 0.29) is 50.0 Å². The maximum atomic E-state index is 14.4. The summed E-state index contributed by atoms with van der Waals surface area (Å²) < 4.78 is 28.6. The Hall–Kier alpha value is -3.72. The number of benzene rings is 2. The van der Waals surface area contributed by atoms with Gasteiger partial charge in [0, 0.05) is 30.6 Å². The number of hydrogen-bond acceptors (Lipinski definition) is 5. The number of nitrogens with zero attached hydrogens (tertiary/aromatic N) is 3. The van der Waals surface area contributed by atoms with E-state index in [1.165, 1.54) is 0 Å². The molecule has 1 N–H and O–H groups in total. The van der Waals surface area contributed by atoms with Crippen molar-refractivity contribution in [2.45, 2.75) is 56.8 Å². The van der Waals surface area contributed by atoms with Crippen LogP contribution in [-0.2, 0) is 27.8 Å². The van der Waals surface area contributed by atoms with Crippen molar-refractivity contribution in [3.8, 4) is 11.5 Å². The molecular formula is C30H32FN3O5. The van der Waals surface area contributed by atoms with Gasteiger partial charge in [-0.3, -0.25) is 9.59 Å². The Kier molecular flexibility index (Phi) is 6.85. The van der Waals surface area contributed by atoms with Gasteiger partial charge in [0.1, 0.15) is 11.7 Å². The number of oxazole rings is 1. The third-order valence-electron chi connectivity index (χ3n) is 8.17. The summed E-state index contributed by atoms with van der Waals surface area (Å²) in [5.74, 6) is -0.685. The van der Waals surface area contributed by atoms with E-state index in [1.54, 1.807) is 4.90 Å². The minimum Gasteiger partial charge on any atom is -0.481 e. The van der Waals surface area contributed by atoms with Crippen molar-refractivity contribution in [1.29, 1.82) is 0 Å². The molecule has 0 bridgehead atoms. The molecule has 39 heavy (non-hydrogen) atoms. The highest BCUT2D eigenvalue weighted by Gasteiger charge is 2.36. The lowest BCUT2D eigenvalue weighted by Crippen LogP contribution is -2.40. The van der Waals surface area contributed by atoms with E-state index in [1.807, 2.05) is 60.3 Å². The van der Waals surface area contributed by atoms with Gasteiger partial charge < -0.3 is 23.7 Å². The normalized spacial score (nSPS) is 23.6. The van der Waals surface area contributed by atoms with Crippen LogP contribution in [0.2, 0.25) is 0 Å². The number of hydrogen-bond donors (Lipinski definition) is 1. The topological polar surface area (TPSA) is 97.8 Å². The molecular weight excluding hydrogens is 501 g/mol. The fraction of sp³-hybridized carbons (Fsp3) is 0.433. The molecule has 1 saturated carbocycles. The minimum atomic E-state index is -1.08. The van der Waals surface area contributed by atoms with Gasteiger partial charge in [0.25, 0.3) is 0 Å². The number of ether oxygens (including phenoxy) is 1. The second kappa shape index (κ2) is 10.4. The number of rotatable bonds is 7. The molecule has 6 rings (SSSR count). The Balaban J connectivity index is 1.12. The largest absolute Gasteiger partial charge is 0.481 e. The number of likely N-dealkylation sites (tertiary alicyclic amines) is 1. The predicted octanol–water partition coefficient (Wildman–Crippen LogP) is 5.13. The van der Waals surface area contributed by atoms with E-state index in [0.29, 0.717) is 42.7 Å². The Bertz CT molecular complexity index is 1520. The summed E-state index contributed by atoms with van der Waals surface area (Å²) in [4.78, 5) is 30.7. The van der Waals surface area contributed by atoms with Gasteiger partial charge in [0.15, 0.2) is 5.58 Å². The van der Waals surface area contributed by atoms with Crippen LogP contribution in [0, 0.1) is 5.92 Å². The summed E-state index contributed by atoms with van der Waals surface area (Å²) in [7, 11) is 1.99. The minimum absolute atomic E-state index is 0.0407. The lowest BCUT2D eigenvalue weighted by molar-refractivity contribution is -0.144. The van der Waals surface area contributed by atoms with Crippen LogP contribution in [0.1, 0.15) is 37.7 Å². The fourth-order valence-electron chi connectivity index (χ4n) is 6.03. The zero-order chi connectivity index (χ0) is 27.1. The van der Waals surface area contributed by atoms with E-state index in [2.05, 4.69) is 4.98 Å². The van der Waals surface area contributed by atoms with Crippen LogP contribution in [0.5, 0.6) is 0 Å². The maximum Gasteiger partial charge on any atom is 0.306 e. The molecule has 204 valence electrons. The van der Waals surface area contributed by atoms with E-state index >= 15 is 0 Å². The predicted molar refractivity (Wildman–Crippen MR) is 144 cm³/mol. The van der Waals surface area contributed by atoms with Crippen molar-refractivity contribution in [3.05, 3.63) is 54.2 Å². The number of carboxylic acids is 1. The summed E-state index contributed by atoms with van der Waals surface area (Å²) >= 11 is 0. The van der Waals surface area contributed by atoms with Gasteiger partial charge in [-0.2, -0.15) is 0 Å². The summed E-state index contributed by atoms with van der Waals surface area (Å²) in [6.45, 7) is 0.332. The molecule has 3 heterocycles. The lowest BCUT2D eigenvalue weighted by Gasteiger charge is -2.29. The molecule has 4 aromatic rings.